The average Bonchev–Trinajstić information content (AvgIpc) is 3.48. The van der Waals surface area contributed by atoms with E-state index in [0.29, 0.717) is 46.5 Å². The van der Waals surface area contributed by atoms with E-state index in [0.717, 1.165) is 24.0 Å². The molecule has 0 spiro atoms. The van der Waals surface area contributed by atoms with Gasteiger partial charge in [-0.3, -0.25) is 10.2 Å². The second-order valence-electron chi connectivity index (χ2n) is 11.3. The van der Waals surface area contributed by atoms with E-state index in [4.69, 9.17) is 48.3 Å². The van der Waals surface area contributed by atoms with E-state index in [-0.39, 0.29) is 25.5 Å². The summed E-state index contributed by atoms with van der Waals surface area (Å²) in [7, 11) is 0. The highest BCUT2D eigenvalue weighted by Crippen LogP contribution is 2.45. The van der Waals surface area contributed by atoms with Gasteiger partial charge in [0.25, 0.3) is 5.91 Å². The molecule has 0 bridgehead atoms. The number of aliphatic hydroxyl groups is 1. The van der Waals surface area contributed by atoms with Crippen LogP contribution in [0.15, 0.2) is 107 Å². The highest BCUT2D eigenvalue weighted by atomic mass is 35.5. The third-order valence-electron chi connectivity index (χ3n) is 7.97. The van der Waals surface area contributed by atoms with Crippen molar-refractivity contribution >= 4 is 35.0 Å². The summed E-state index contributed by atoms with van der Waals surface area (Å²) in [4.78, 5) is 22.5. The Kier molecular flexibility index (Phi) is 12.3. The van der Waals surface area contributed by atoms with Crippen LogP contribution in [0.25, 0.3) is 10.4 Å². The van der Waals surface area contributed by atoms with Gasteiger partial charge in [-0.15, -0.1) is 0 Å². The second-order valence-corrected chi connectivity index (χ2v) is 12.1. The molecule has 0 saturated heterocycles. The molecule has 48 heavy (non-hydrogen) atoms. The third kappa shape index (κ3) is 8.66. The van der Waals surface area contributed by atoms with Crippen LogP contribution in [0.2, 0.25) is 10.0 Å². The Labute approximate surface area is 289 Å². The minimum atomic E-state index is -1.54. The molecule has 0 fully saturated rings. The number of rotatable bonds is 16. The quantitative estimate of drug-likeness (QED) is 0.0372. The molecule has 4 aromatic rings. The van der Waals surface area contributed by atoms with E-state index in [9.17, 15) is 4.79 Å². The normalized spacial score (nSPS) is 16.8. The number of azide groups is 1. The molecule has 0 aromatic heterocycles. The molecule has 248 valence electrons. The largest absolute Gasteiger partial charge is 0.494 e. The first-order valence-corrected chi connectivity index (χ1v) is 16.4. The molecule has 12 heteroatoms. The summed E-state index contributed by atoms with van der Waals surface area (Å²) in [6.45, 7) is 1.03. The number of carbonyl (C=O) groups excluding carboxylic acids is 1. The Morgan fingerprint density at radius 3 is 2.48 bits per heavy atom. The summed E-state index contributed by atoms with van der Waals surface area (Å²) >= 11 is 13.0. The van der Waals surface area contributed by atoms with Gasteiger partial charge < -0.3 is 14.6 Å². The lowest BCUT2D eigenvalue weighted by molar-refractivity contribution is -0.130. The van der Waals surface area contributed by atoms with Gasteiger partial charge >= 0.3 is 0 Å². The van der Waals surface area contributed by atoms with Gasteiger partial charge in [0.15, 0.2) is 11.6 Å². The maximum Gasteiger partial charge on any atom is 0.266 e. The lowest BCUT2D eigenvalue weighted by Gasteiger charge is -2.32. The number of benzene rings is 4. The van der Waals surface area contributed by atoms with Crippen molar-refractivity contribution in [1.82, 2.24) is 10.9 Å². The molecule has 5 rings (SSSR count). The van der Waals surface area contributed by atoms with Crippen molar-refractivity contribution in [2.24, 2.45) is 10.1 Å². The van der Waals surface area contributed by atoms with E-state index in [1.807, 2.05) is 42.5 Å². The Morgan fingerprint density at radius 2 is 1.75 bits per heavy atom. The summed E-state index contributed by atoms with van der Waals surface area (Å²) in [5, 5.41) is 13.6. The lowest BCUT2D eigenvalue weighted by atomic mass is 9.81. The van der Waals surface area contributed by atoms with Crippen LogP contribution in [0.5, 0.6) is 5.75 Å². The van der Waals surface area contributed by atoms with E-state index < -0.39 is 17.6 Å². The van der Waals surface area contributed by atoms with Crippen LogP contribution in [0.3, 0.4) is 0 Å². The molecular weight excluding hydrogens is 651 g/mol. The van der Waals surface area contributed by atoms with Gasteiger partial charge in [0.05, 0.1) is 13.2 Å². The predicted molar refractivity (Wildman–Crippen MR) is 187 cm³/mol. The third-order valence-corrected chi connectivity index (χ3v) is 8.53. The zero-order valence-electron chi connectivity index (χ0n) is 26.2. The number of amides is 1. The van der Waals surface area contributed by atoms with Crippen LogP contribution in [-0.2, 0) is 28.9 Å². The number of aryl methyl sites for hydroxylation is 1. The number of hydrogen-bond donors (Lipinski definition) is 3. The fourth-order valence-corrected chi connectivity index (χ4v) is 6.04. The van der Waals surface area contributed by atoms with Crippen molar-refractivity contribution in [1.29, 1.82) is 0 Å². The van der Waals surface area contributed by atoms with Gasteiger partial charge in [0, 0.05) is 52.1 Å². The standard InChI is InChI=1S/C36H36Cl2N6O4/c37-29-15-18-31(32(38)22-29)33-36(23-27-11-4-5-12-28(27)24-41-44-39,35(46)43-40-19-6-10-25-8-2-1-3-9-25)42-34(48-33)26-13-16-30(17-14-26)47-21-7-20-45/h1-5,8-9,11-18,22,33,40,45H,6-7,10,19-21,23-24H2,(H,43,46)/t33-,36-/m0/s1. The highest BCUT2D eigenvalue weighted by Gasteiger charge is 2.54. The van der Waals surface area contributed by atoms with Crippen molar-refractivity contribution in [3.63, 3.8) is 0 Å². The van der Waals surface area contributed by atoms with Crippen LogP contribution in [0.1, 0.15) is 46.8 Å². The molecule has 0 saturated carbocycles. The zero-order chi connectivity index (χ0) is 33.8. The first-order chi connectivity index (χ1) is 23.4. The Hall–Kier alpha value is -4.57. The summed E-state index contributed by atoms with van der Waals surface area (Å²) in [5.41, 5.74) is 17.4. The second kappa shape index (κ2) is 17.0. The van der Waals surface area contributed by atoms with Crippen molar-refractivity contribution in [2.45, 2.75) is 43.9 Å². The number of ether oxygens (including phenoxy) is 2. The summed E-state index contributed by atoms with van der Waals surface area (Å²) in [5.74, 6) is 0.453. The van der Waals surface area contributed by atoms with Crippen molar-refractivity contribution in [3.05, 3.63) is 145 Å². The summed E-state index contributed by atoms with van der Waals surface area (Å²) < 4.78 is 12.3. The summed E-state index contributed by atoms with van der Waals surface area (Å²) in [6.07, 6.45) is 1.31. The predicted octanol–water partition coefficient (Wildman–Crippen LogP) is 7.32. The van der Waals surface area contributed by atoms with Crippen LogP contribution in [0.4, 0.5) is 0 Å². The molecule has 0 unspecified atom stereocenters. The number of hydrazine groups is 1. The minimum absolute atomic E-state index is 0.0371. The SMILES string of the molecule is [N-]=[N+]=NCc1ccccc1C[C@]1(C(=O)NNCCCc2ccccc2)N=C(c2ccc(OCCCO)cc2)O[C@H]1c1ccc(Cl)cc1Cl. The van der Waals surface area contributed by atoms with Crippen molar-refractivity contribution < 1.29 is 19.4 Å². The average molecular weight is 688 g/mol. The number of carbonyl (C=O) groups is 1. The zero-order valence-corrected chi connectivity index (χ0v) is 27.7. The Bertz CT molecular complexity index is 1770. The molecule has 4 aromatic carbocycles. The lowest BCUT2D eigenvalue weighted by Crippen LogP contribution is -2.54. The van der Waals surface area contributed by atoms with E-state index in [2.05, 4.69) is 33.0 Å². The fourth-order valence-electron chi connectivity index (χ4n) is 5.53. The first-order valence-electron chi connectivity index (χ1n) is 15.6. The molecular formula is C36H36Cl2N6O4. The highest BCUT2D eigenvalue weighted by molar-refractivity contribution is 6.35. The van der Waals surface area contributed by atoms with Gasteiger partial charge in [-0.1, -0.05) is 89.0 Å². The topological polar surface area (TPSA) is 141 Å². The monoisotopic (exact) mass is 686 g/mol. The smallest absolute Gasteiger partial charge is 0.266 e. The number of nitrogens with zero attached hydrogens (tertiary/aromatic N) is 4. The molecule has 1 heterocycles. The Morgan fingerprint density at radius 1 is 1.00 bits per heavy atom. The molecule has 1 aliphatic heterocycles. The van der Waals surface area contributed by atoms with Gasteiger partial charge in [0.2, 0.25) is 5.90 Å². The molecule has 10 nitrogen and oxygen atoms in total. The molecule has 0 radical (unpaired) electrons. The number of aliphatic imine (C=N–C) groups is 1. The minimum Gasteiger partial charge on any atom is -0.494 e. The molecule has 3 N–H and O–H groups in total. The van der Waals surface area contributed by atoms with Crippen LogP contribution >= 0.6 is 23.2 Å². The fraction of sp³-hybridized carbons (Fsp3) is 0.278. The van der Waals surface area contributed by atoms with Crippen LogP contribution < -0.4 is 15.6 Å². The molecule has 1 amide bonds. The Balaban J connectivity index is 1.52. The van der Waals surface area contributed by atoms with Gasteiger partial charge in [0.1, 0.15) is 5.75 Å². The number of hydrogen-bond acceptors (Lipinski definition) is 7. The van der Waals surface area contributed by atoms with Gasteiger partial charge in [-0.25, -0.2) is 10.4 Å². The molecule has 0 aliphatic carbocycles. The molecule has 1 aliphatic rings. The molecule has 2 atom stereocenters. The maximum absolute atomic E-state index is 14.5. The number of halogens is 2. The van der Waals surface area contributed by atoms with Crippen LogP contribution in [0, 0.1) is 0 Å². The van der Waals surface area contributed by atoms with Crippen LogP contribution in [-0.4, -0.2) is 42.2 Å². The van der Waals surface area contributed by atoms with Crippen molar-refractivity contribution in [3.8, 4) is 5.75 Å². The van der Waals surface area contributed by atoms with Crippen molar-refractivity contribution in [2.75, 3.05) is 19.8 Å². The van der Waals surface area contributed by atoms with E-state index in [1.54, 1.807) is 42.5 Å². The number of nitrogens with one attached hydrogen (secondary N) is 2. The van der Waals surface area contributed by atoms with Gasteiger partial charge in [-0.2, -0.15) is 0 Å². The maximum atomic E-state index is 14.5. The number of aliphatic hydroxyl groups excluding tert-OH is 1. The summed E-state index contributed by atoms with van der Waals surface area (Å²) in [6, 6.07) is 29.8. The van der Waals surface area contributed by atoms with E-state index in [1.165, 1.54) is 5.56 Å². The van der Waals surface area contributed by atoms with E-state index >= 15 is 0 Å². The van der Waals surface area contributed by atoms with Gasteiger partial charge in [-0.05, 0) is 71.5 Å². The first kappa shape index (κ1) is 34.8.